The highest BCUT2D eigenvalue weighted by Gasteiger charge is 2.69. The maximum absolute atomic E-state index is 14.2. The number of anilines is 2. The molecule has 2 amide bonds. The molecule has 3 aromatic carbocycles. The van der Waals surface area contributed by atoms with Gasteiger partial charge in [0.25, 0.3) is 10.8 Å². The molecule has 0 bridgehead atoms. The van der Waals surface area contributed by atoms with E-state index in [1.165, 1.54) is 9.80 Å². The highest BCUT2D eigenvalue weighted by Crippen LogP contribution is 2.53. The van der Waals surface area contributed by atoms with Gasteiger partial charge in [-0.15, -0.1) is 0 Å². The Hall–Kier alpha value is -3.45. The molecule has 33 heavy (non-hydrogen) atoms. The first-order valence-electron chi connectivity index (χ1n) is 10.8. The van der Waals surface area contributed by atoms with Gasteiger partial charge in [-0.3, -0.25) is 14.5 Å². The molecule has 1 fully saturated rings. The lowest BCUT2D eigenvalue weighted by atomic mass is 10.0. The smallest absolute Gasteiger partial charge is 0.274 e. The molecule has 5 rings (SSSR count). The highest BCUT2D eigenvalue weighted by molar-refractivity contribution is 7.94. The summed E-state index contributed by atoms with van der Waals surface area (Å²) in [5, 5.41) is 0. The van der Waals surface area contributed by atoms with E-state index in [4.69, 9.17) is 0 Å². The highest BCUT2D eigenvalue weighted by atomic mass is 32.2. The molecule has 0 aliphatic carbocycles. The molecule has 7 heteroatoms. The van der Waals surface area contributed by atoms with Gasteiger partial charge in [-0.2, -0.15) is 0 Å². The number of amides is 2. The van der Waals surface area contributed by atoms with Gasteiger partial charge >= 0.3 is 0 Å². The number of sulfone groups is 1. The number of nitrogens with zero attached hydrogens (tertiary/aromatic N) is 2. The summed E-state index contributed by atoms with van der Waals surface area (Å²) in [6.07, 6.45) is 0. The van der Waals surface area contributed by atoms with E-state index < -0.39 is 32.3 Å². The number of hydrogen-bond acceptors (Lipinski definition) is 4. The lowest BCUT2D eigenvalue weighted by molar-refractivity contribution is -0.123. The quantitative estimate of drug-likeness (QED) is 0.596. The molecule has 1 atom stereocenters. The minimum Gasteiger partial charge on any atom is -0.304 e. The van der Waals surface area contributed by atoms with Gasteiger partial charge in [-0.1, -0.05) is 48.0 Å². The number of hydrogen-bond donors (Lipinski definition) is 0. The average molecular weight is 461 g/mol. The van der Waals surface area contributed by atoms with Crippen LogP contribution in [0.15, 0.2) is 66.7 Å². The van der Waals surface area contributed by atoms with E-state index in [1.807, 2.05) is 63.2 Å². The van der Waals surface area contributed by atoms with E-state index in [2.05, 4.69) is 0 Å². The number of carbonyl (C=O) groups is 2. The minimum absolute atomic E-state index is 0.210. The van der Waals surface area contributed by atoms with E-state index in [9.17, 15) is 18.0 Å². The van der Waals surface area contributed by atoms with Gasteiger partial charge < -0.3 is 4.90 Å². The van der Waals surface area contributed by atoms with Gasteiger partial charge in [0, 0.05) is 11.3 Å². The number of aryl methyl sites for hydroxylation is 3. The number of fused-ring (bicyclic) bond motifs is 2. The van der Waals surface area contributed by atoms with Gasteiger partial charge in [0.15, 0.2) is 9.84 Å². The molecule has 2 aliphatic heterocycles. The largest absolute Gasteiger partial charge is 0.304 e. The van der Waals surface area contributed by atoms with Crippen LogP contribution in [0.5, 0.6) is 0 Å². The predicted octanol–water partition coefficient (Wildman–Crippen LogP) is 3.77. The van der Waals surface area contributed by atoms with Crippen molar-refractivity contribution < 1.29 is 18.0 Å². The third-order valence-electron chi connectivity index (χ3n) is 6.32. The Balaban J connectivity index is 1.79. The van der Waals surface area contributed by atoms with Crippen LogP contribution in [0, 0.1) is 20.8 Å². The normalized spacial score (nSPS) is 21.2. The van der Waals surface area contributed by atoms with Crippen LogP contribution in [0.2, 0.25) is 0 Å². The summed E-state index contributed by atoms with van der Waals surface area (Å²) >= 11 is 0. The fourth-order valence-corrected chi connectivity index (χ4v) is 7.08. The lowest BCUT2D eigenvalue weighted by Crippen LogP contribution is -2.54. The zero-order chi connectivity index (χ0) is 23.5. The molecule has 2 heterocycles. The first-order chi connectivity index (χ1) is 15.6. The summed E-state index contributed by atoms with van der Waals surface area (Å²) in [5.74, 6) is -1.92. The number of carbonyl (C=O) groups excluding carboxylic acids is 2. The number of benzene rings is 3. The molecule has 0 aromatic heterocycles. The topological polar surface area (TPSA) is 74.8 Å². The lowest BCUT2D eigenvalue weighted by Gasteiger charge is -2.33. The summed E-state index contributed by atoms with van der Waals surface area (Å²) in [6, 6.07) is 20.2. The first-order valence-corrected chi connectivity index (χ1v) is 12.4. The zero-order valence-corrected chi connectivity index (χ0v) is 19.5. The Morgan fingerprint density at radius 2 is 1.52 bits per heavy atom. The molecule has 0 N–H and O–H groups in total. The summed E-state index contributed by atoms with van der Waals surface area (Å²) in [7, 11) is -4.18. The third kappa shape index (κ3) is 3.03. The molecule has 6 nitrogen and oxygen atoms in total. The van der Waals surface area contributed by atoms with Gasteiger partial charge in [0.2, 0.25) is 5.91 Å². The van der Waals surface area contributed by atoms with Crippen LogP contribution < -0.4 is 9.80 Å². The maximum atomic E-state index is 14.2. The molecule has 1 unspecified atom stereocenters. The van der Waals surface area contributed by atoms with Gasteiger partial charge in [0.05, 0.1) is 12.2 Å². The Morgan fingerprint density at radius 3 is 2.18 bits per heavy atom. The van der Waals surface area contributed by atoms with Crippen molar-refractivity contribution in [2.75, 3.05) is 15.6 Å². The fraction of sp³-hybridized carbons (Fsp3) is 0.231. The summed E-state index contributed by atoms with van der Waals surface area (Å²) in [6.45, 7) is 5.83. The van der Waals surface area contributed by atoms with Crippen molar-refractivity contribution in [2.45, 2.75) is 32.2 Å². The molecular weight excluding hydrogens is 436 g/mol. The second-order valence-electron chi connectivity index (χ2n) is 8.88. The maximum Gasteiger partial charge on any atom is 0.274 e. The van der Waals surface area contributed by atoms with Crippen molar-refractivity contribution in [3.63, 3.8) is 0 Å². The van der Waals surface area contributed by atoms with Crippen molar-refractivity contribution in [1.82, 2.24) is 0 Å². The van der Waals surface area contributed by atoms with E-state index in [0.29, 0.717) is 16.9 Å². The fourth-order valence-electron chi connectivity index (χ4n) is 5.06. The second-order valence-corrected chi connectivity index (χ2v) is 11.0. The van der Waals surface area contributed by atoms with Crippen molar-refractivity contribution in [2.24, 2.45) is 0 Å². The molecule has 0 radical (unpaired) electrons. The molecule has 1 saturated heterocycles. The Labute approximate surface area is 193 Å². The van der Waals surface area contributed by atoms with E-state index in [-0.39, 0.29) is 6.54 Å². The SMILES string of the molecule is Cc1cc(C)cc(N2C(=O)CS(=O)(=O)C23C(=O)N(Cc2ccccc2)c2ccc(C)cc23)c1. The Morgan fingerprint density at radius 1 is 0.848 bits per heavy atom. The molecular formula is C26H24N2O4S. The molecule has 168 valence electrons. The van der Waals surface area contributed by atoms with Crippen LogP contribution in [0.1, 0.15) is 27.8 Å². The summed E-state index contributed by atoms with van der Waals surface area (Å²) < 4.78 is 27.4. The van der Waals surface area contributed by atoms with Gasteiger partial charge in [-0.05, 0) is 61.7 Å². The van der Waals surface area contributed by atoms with Crippen molar-refractivity contribution in [3.05, 3.63) is 94.5 Å². The molecule has 3 aromatic rings. The molecule has 0 saturated carbocycles. The van der Waals surface area contributed by atoms with Crippen molar-refractivity contribution >= 4 is 33.0 Å². The van der Waals surface area contributed by atoms with Crippen LogP contribution in [-0.4, -0.2) is 26.0 Å². The summed E-state index contributed by atoms with van der Waals surface area (Å²) in [4.78, 5) is 28.0. The standard InChI is InChI=1S/C26H24N2O4S/c1-17-9-10-23-22(14-17)26(25(30)27(23)15-20-7-5-4-6-8-20)28(24(29)16-33(26,31)32)21-12-18(2)11-19(3)13-21/h4-14H,15-16H2,1-3H3. The van der Waals surface area contributed by atoms with E-state index in [0.717, 1.165) is 22.3 Å². The van der Waals surface area contributed by atoms with Gasteiger partial charge in [-0.25, -0.2) is 8.42 Å². The van der Waals surface area contributed by atoms with Crippen LogP contribution in [0.25, 0.3) is 0 Å². The Bertz CT molecular complexity index is 1400. The van der Waals surface area contributed by atoms with Crippen LogP contribution in [0.3, 0.4) is 0 Å². The summed E-state index contributed by atoms with van der Waals surface area (Å²) in [5.41, 5.74) is 4.73. The zero-order valence-electron chi connectivity index (χ0n) is 18.7. The van der Waals surface area contributed by atoms with Gasteiger partial charge in [0.1, 0.15) is 5.75 Å². The molecule has 2 aliphatic rings. The van der Waals surface area contributed by atoms with E-state index >= 15 is 0 Å². The Kier molecular flexibility index (Phi) is 4.72. The monoisotopic (exact) mass is 460 g/mol. The van der Waals surface area contributed by atoms with Crippen LogP contribution in [0.4, 0.5) is 11.4 Å². The molecule has 1 spiro atoms. The average Bonchev–Trinajstić information content (AvgIpc) is 3.10. The predicted molar refractivity (Wildman–Crippen MR) is 128 cm³/mol. The van der Waals surface area contributed by atoms with Crippen molar-refractivity contribution in [1.29, 1.82) is 0 Å². The second kappa shape index (κ2) is 7.28. The van der Waals surface area contributed by atoms with Crippen LogP contribution >= 0.6 is 0 Å². The minimum atomic E-state index is -4.18. The number of rotatable bonds is 3. The van der Waals surface area contributed by atoms with Crippen molar-refractivity contribution in [3.8, 4) is 0 Å². The third-order valence-corrected chi connectivity index (χ3v) is 8.42. The van der Waals surface area contributed by atoms with Crippen LogP contribution in [-0.2, 0) is 30.8 Å². The first kappa shape index (κ1) is 21.4. The van der Waals surface area contributed by atoms with E-state index in [1.54, 1.807) is 24.3 Å².